The van der Waals surface area contributed by atoms with Gasteiger partial charge in [0.2, 0.25) is 0 Å². The first kappa shape index (κ1) is 19.2. The van der Waals surface area contributed by atoms with Gasteiger partial charge >= 0.3 is 5.69 Å². The van der Waals surface area contributed by atoms with Crippen molar-refractivity contribution in [1.82, 2.24) is 5.32 Å². The number of benzene rings is 1. The minimum absolute atomic E-state index is 0.0325. The van der Waals surface area contributed by atoms with Crippen molar-refractivity contribution in [3.05, 3.63) is 33.3 Å². The van der Waals surface area contributed by atoms with Gasteiger partial charge < -0.3 is 10.1 Å². The Balaban J connectivity index is 2.43. The van der Waals surface area contributed by atoms with Gasteiger partial charge in [-0.1, -0.05) is 44.2 Å². The molecule has 1 rings (SSSR count). The lowest BCUT2D eigenvalue weighted by Crippen LogP contribution is -2.36. The minimum atomic E-state index is -0.588. The fourth-order valence-electron chi connectivity index (χ4n) is 2.16. The van der Waals surface area contributed by atoms with Crippen LogP contribution in [0.2, 0.25) is 5.02 Å². The first-order chi connectivity index (χ1) is 10.9. The Kier molecular flexibility index (Phi) is 8.40. The highest BCUT2D eigenvalue weighted by atomic mass is 35.5. The molecule has 0 aromatic heterocycles. The number of unbranched alkanes of at least 4 members (excludes halogenated alkanes) is 3. The lowest BCUT2D eigenvalue weighted by Gasteiger charge is -2.14. The number of ether oxygens (including phenoxy) is 1. The highest BCUT2D eigenvalue weighted by Crippen LogP contribution is 2.29. The summed E-state index contributed by atoms with van der Waals surface area (Å²) in [4.78, 5) is 22.2. The third kappa shape index (κ3) is 7.32. The topological polar surface area (TPSA) is 81.5 Å². The molecule has 0 unspecified atom stereocenters. The lowest BCUT2D eigenvalue weighted by atomic mass is 10.1. The fourth-order valence-corrected chi connectivity index (χ4v) is 2.33. The molecule has 0 bridgehead atoms. The molecule has 0 heterocycles. The highest BCUT2D eigenvalue weighted by Gasteiger charge is 2.17. The quantitative estimate of drug-likeness (QED) is 0.394. The number of nitro benzene ring substituents is 1. The van der Waals surface area contributed by atoms with E-state index in [0.29, 0.717) is 0 Å². The second-order valence-electron chi connectivity index (χ2n) is 5.48. The van der Waals surface area contributed by atoms with Crippen LogP contribution in [0.15, 0.2) is 18.2 Å². The average Bonchev–Trinajstić information content (AvgIpc) is 2.50. The fraction of sp³-hybridized carbons (Fsp3) is 0.562. The van der Waals surface area contributed by atoms with Gasteiger partial charge in [0.25, 0.3) is 5.91 Å². The lowest BCUT2D eigenvalue weighted by molar-refractivity contribution is -0.385. The van der Waals surface area contributed by atoms with E-state index in [4.69, 9.17) is 16.3 Å². The number of rotatable bonds is 10. The summed E-state index contributed by atoms with van der Waals surface area (Å²) in [5, 5.41) is 14.0. The van der Waals surface area contributed by atoms with E-state index in [1.165, 1.54) is 31.0 Å². The van der Waals surface area contributed by atoms with Gasteiger partial charge in [-0.25, -0.2) is 0 Å². The summed E-state index contributed by atoms with van der Waals surface area (Å²) < 4.78 is 5.25. The number of nitrogens with one attached hydrogen (secondary N) is 1. The van der Waals surface area contributed by atoms with Crippen molar-refractivity contribution in [3.63, 3.8) is 0 Å². The molecule has 1 atom stereocenters. The molecule has 0 aliphatic rings. The zero-order valence-corrected chi connectivity index (χ0v) is 14.3. The van der Waals surface area contributed by atoms with Crippen molar-refractivity contribution in [2.45, 2.75) is 52.0 Å². The maximum Gasteiger partial charge on any atom is 0.312 e. The van der Waals surface area contributed by atoms with E-state index < -0.39 is 4.92 Å². The van der Waals surface area contributed by atoms with E-state index in [2.05, 4.69) is 12.2 Å². The van der Waals surface area contributed by atoms with Crippen LogP contribution in [0.4, 0.5) is 5.69 Å². The second-order valence-corrected chi connectivity index (χ2v) is 5.91. The summed E-state index contributed by atoms with van der Waals surface area (Å²) in [5.74, 6) is -0.262. The zero-order chi connectivity index (χ0) is 17.2. The average molecular weight is 343 g/mol. The van der Waals surface area contributed by atoms with Crippen LogP contribution in [-0.2, 0) is 4.79 Å². The Morgan fingerprint density at radius 2 is 2.13 bits per heavy atom. The first-order valence-electron chi connectivity index (χ1n) is 7.80. The van der Waals surface area contributed by atoms with Gasteiger partial charge in [0.05, 0.1) is 4.92 Å². The normalized spacial score (nSPS) is 11.8. The Hall–Kier alpha value is -1.82. The van der Waals surface area contributed by atoms with Gasteiger partial charge in [-0.3, -0.25) is 14.9 Å². The van der Waals surface area contributed by atoms with E-state index in [1.54, 1.807) is 0 Å². The maximum absolute atomic E-state index is 11.8. The zero-order valence-electron chi connectivity index (χ0n) is 13.5. The minimum Gasteiger partial charge on any atom is -0.477 e. The molecule has 0 radical (unpaired) electrons. The summed E-state index contributed by atoms with van der Waals surface area (Å²) in [7, 11) is 0. The molecule has 0 aliphatic carbocycles. The number of carbonyl (C=O) groups is 1. The molecular formula is C16H23ClN2O4. The van der Waals surface area contributed by atoms with Crippen LogP contribution in [0, 0.1) is 10.1 Å². The Labute approximate surface area is 141 Å². The smallest absolute Gasteiger partial charge is 0.312 e. The van der Waals surface area contributed by atoms with Gasteiger partial charge in [0.15, 0.2) is 12.4 Å². The molecule has 128 valence electrons. The molecule has 0 saturated heterocycles. The summed E-state index contributed by atoms with van der Waals surface area (Å²) in [6.45, 7) is 3.83. The van der Waals surface area contributed by atoms with Crippen molar-refractivity contribution in [3.8, 4) is 5.75 Å². The van der Waals surface area contributed by atoms with Gasteiger partial charge in [-0.2, -0.15) is 0 Å². The van der Waals surface area contributed by atoms with Gasteiger partial charge in [-0.15, -0.1) is 0 Å². The van der Waals surface area contributed by atoms with E-state index >= 15 is 0 Å². The number of amides is 1. The van der Waals surface area contributed by atoms with Crippen molar-refractivity contribution in [2.24, 2.45) is 0 Å². The van der Waals surface area contributed by atoms with Gasteiger partial charge in [-0.05, 0) is 25.5 Å². The third-order valence-electron chi connectivity index (χ3n) is 3.37. The highest BCUT2D eigenvalue weighted by molar-refractivity contribution is 6.30. The SMILES string of the molecule is CCCCCC[C@H](C)NC(=O)COc1ccc(Cl)cc1[N+](=O)[O-]. The van der Waals surface area contributed by atoms with E-state index in [9.17, 15) is 14.9 Å². The molecular weight excluding hydrogens is 320 g/mol. The number of nitro groups is 1. The summed E-state index contributed by atoms with van der Waals surface area (Å²) >= 11 is 5.72. The predicted molar refractivity (Wildman–Crippen MR) is 90.0 cm³/mol. The number of halogens is 1. The first-order valence-corrected chi connectivity index (χ1v) is 8.18. The molecule has 6 nitrogen and oxygen atoms in total. The monoisotopic (exact) mass is 342 g/mol. The largest absolute Gasteiger partial charge is 0.477 e. The van der Waals surface area contributed by atoms with Crippen molar-refractivity contribution in [2.75, 3.05) is 6.61 Å². The number of hydrogen-bond acceptors (Lipinski definition) is 4. The van der Waals surface area contributed by atoms with Crippen LogP contribution in [0.1, 0.15) is 46.0 Å². The van der Waals surface area contributed by atoms with E-state index in [0.717, 1.165) is 19.3 Å². The molecule has 1 N–H and O–H groups in total. The van der Waals surface area contributed by atoms with Crippen LogP contribution in [0.25, 0.3) is 0 Å². The van der Waals surface area contributed by atoms with Crippen LogP contribution in [-0.4, -0.2) is 23.5 Å². The predicted octanol–water partition coefficient (Wildman–Crippen LogP) is 4.10. The maximum atomic E-state index is 11.8. The van der Waals surface area contributed by atoms with Gasteiger partial charge in [0, 0.05) is 17.1 Å². The van der Waals surface area contributed by atoms with E-state index in [1.807, 2.05) is 6.92 Å². The number of nitrogens with zero attached hydrogens (tertiary/aromatic N) is 1. The van der Waals surface area contributed by atoms with Crippen molar-refractivity contribution in [1.29, 1.82) is 0 Å². The molecule has 23 heavy (non-hydrogen) atoms. The number of hydrogen-bond donors (Lipinski definition) is 1. The van der Waals surface area contributed by atoms with Crippen LogP contribution >= 0.6 is 11.6 Å². The standard InChI is InChI=1S/C16H23ClN2O4/c1-3-4-5-6-7-12(2)18-16(20)11-23-15-9-8-13(17)10-14(15)19(21)22/h8-10,12H,3-7,11H2,1-2H3,(H,18,20)/t12-/m0/s1. The number of carbonyl (C=O) groups excluding carboxylic acids is 1. The Morgan fingerprint density at radius 1 is 1.39 bits per heavy atom. The second kappa shape index (κ2) is 10.0. The van der Waals surface area contributed by atoms with Crippen molar-refractivity contribution < 1.29 is 14.5 Å². The Morgan fingerprint density at radius 3 is 2.78 bits per heavy atom. The molecule has 1 amide bonds. The molecule has 1 aromatic carbocycles. The van der Waals surface area contributed by atoms with Crippen molar-refractivity contribution >= 4 is 23.2 Å². The summed E-state index contributed by atoms with van der Waals surface area (Å²) in [5.41, 5.74) is -0.252. The third-order valence-corrected chi connectivity index (χ3v) is 3.61. The van der Waals surface area contributed by atoms with E-state index in [-0.39, 0.29) is 35.0 Å². The van der Waals surface area contributed by atoms with Crippen LogP contribution < -0.4 is 10.1 Å². The Bertz CT molecular complexity index is 537. The van der Waals surface area contributed by atoms with Crippen LogP contribution in [0.5, 0.6) is 5.75 Å². The molecule has 7 heteroatoms. The summed E-state index contributed by atoms with van der Waals surface area (Å²) in [6, 6.07) is 4.13. The molecule has 0 aliphatic heterocycles. The van der Waals surface area contributed by atoms with Crippen LogP contribution in [0.3, 0.4) is 0 Å². The molecule has 1 aromatic rings. The molecule has 0 spiro atoms. The molecule has 0 saturated carbocycles. The van der Waals surface area contributed by atoms with Gasteiger partial charge in [0.1, 0.15) is 0 Å². The molecule has 0 fully saturated rings. The summed E-state index contributed by atoms with van der Waals surface area (Å²) in [6.07, 6.45) is 5.51.